The molecule has 2 aliphatic rings. The summed E-state index contributed by atoms with van der Waals surface area (Å²) in [5.74, 6) is -0.333. The zero-order valence-corrected chi connectivity index (χ0v) is 16.2. The van der Waals surface area contributed by atoms with E-state index >= 15 is 0 Å². The number of nitrogens with zero attached hydrogens (tertiary/aromatic N) is 2. The number of amides is 2. The number of hydrogen-bond acceptors (Lipinski definition) is 3. The van der Waals surface area contributed by atoms with E-state index in [1.165, 1.54) is 5.56 Å². The van der Waals surface area contributed by atoms with Crippen molar-refractivity contribution in [1.29, 1.82) is 0 Å². The molecule has 6 nitrogen and oxygen atoms in total. The number of aliphatic hydroxyl groups excluding tert-OH is 1. The largest absolute Gasteiger partial charge is 0.394 e. The van der Waals surface area contributed by atoms with E-state index in [0.717, 1.165) is 16.6 Å². The van der Waals surface area contributed by atoms with Gasteiger partial charge >= 0.3 is 0 Å². The number of aromatic amines is 1. The summed E-state index contributed by atoms with van der Waals surface area (Å²) in [6.45, 7) is 6.81. The molecule has 2 aliphatic heterocycles. The summed E-state index contributed by atoms with van der Waals surface area (Å²) in [6, 6.07) is 7.86. The molecule has 0 spiro atoms. The molecule has 0 aliphatic carbocycles. The molecule has 2 aromatic rings. The molecule has 1 saturated heterocycles. The van der Waals surface area contributed by atoms with Gasteiger partial charge in [-0.1, -0.05) is 18.2 Å². The van der Waals surface area contributed by atoms with Gasteiger partial charge in [0.1, 0.15) is 0 Å². The predicted octanol–water partition coefficient (Wildman–Crippen LogP) is 2.06. The van der Waals surface area contributed by atoms with E-state index < -0.39 is 0 Å². The fourth-order valence-electron chi connectivity index (χ4n) is 4.45. The Balaban J connectivity index is 1.60. The van der Waals surface area contributed by atoms with Crippen LogP contribution < -0.4 is 0 Å². The number of para-hydroxylation sites is 1. The molecule has 0 radical (unpaired) electrons. The highest BCUT2D eigenvalue weighted by Gasteiger charge is 2.43. The first-order valence-electron chi connectivity index (χ1n) is 9.60. The molecule has 27 heavy (non-hydrogen) atoms. The van der Waals surface area contributed by atoms with E-state index in [2.05, 4.69) is 11.1 Å². The number of carbonyl (C=O) groups excluding carboxylic acids is 2. The number of hydrogen-bond donors (Lipinski definition) is 2. The second-order valence-corrected chi connectivity index (χ2v) is 8.71. The molecule has 2 N–H and O–H groups in total. The van der Waals surface area contributed by atoms with Gasteiger partial charge in [0.2, 0.25) is 11.8 Å². The number of H-pyrrole nitrogens is 1. The third-order valence-corrected chi connectivity index (χ3v) is 5.89. The van der Waals surface area contributed by atoms with E-state index in [4.69, 9.17) is 0 Å². The minimum atomic E-state index is -0.336. The van der Waals surface area contributed by atoms with Crippen LogP contribution in [-0.2, 0) is 22.6 Å². The molecule has 144 valence electrons. The predicted molar refractivity (Wildman–Crippen MR) is 103 cm³/mol. The van der Waals surface area contributed by atoms with E-state index in [0.29, 0.717) is 19.5 Å². The summed E-state index contributed by atoms with van der Waals surface area (Å²) < 4.78 is 0. The molecular formula is C21H27N3O3. The van der Waals surface area contributed by atoms with Gasteiger partial charge in [-0.05, 0) is 38.8 Å². The van der Waals surface area contributed by atoms with Gasteiger partial charge in [-0.3, -0.25) is 9.59 Å². The molecule has 3 heterocycles. The lowest BCUT2D eigenvalue weighted by Gasteiger charge is -2.37. The second kappa shape index (κ2) is 6.37. The van der Waals surface area contributed by atoms with Crippen molar-refractivity contribution in [2.45, 2.75) is 51.7 Å². The molecule has 6 heteroatoms. The Bertz CT molecular complexity index is 896. The van der Waals surface area contributed by atoms with Gasteiger partial charge in [-0.15, -0.1) is 0 Å². The number of carbonyl (C=O) groups is 2. The van der Waals surface area contributed by atoms with E-state index in [-0.39, 0.29) is 42.3 Å². The third-order valence-electron chi connectivity index (χ3n) is 5.89. The van der Waals surface area contributed by atoms with Crippen molar-refractivity contribution in [2.75, 3.05) is 13.2 Å². The minimum absolute atomic E-state index is 0.0292. The summed E-state index contributed by atoms with van der Waals surface area (Å²) in [4.78, 5) is 32.6. The van der Waals surface area contributed by atoms with Crippen LogP contribution in [0.15, 0.2) is 24.3 Å². The topological polar surface area (TPSA) is 76.6 Å². The first kappa shape index (κ1) is 18.0. The first-order chi connectivity index (χ1) is 12.8. The van der Waals surface area contributed by atoms with Crippen LogP contribution in [0, 0.1) is 5.92 Å². The number of rotatable bonds is 2. The molecule has 2 atom stereocenters. The van der Waals surface area contributed by atoms with Crippen molar-refractivity contribution in [3.05, 3.63) is 35.5 Å². The van der Waals surface area contributed by atoms with Crippen molar-refractivity contribution in [3.63, 3.8) is 0 Å². The molecule has 2 unspecified atom stereocenters. The molecule has 1 aromatic heterocycles. The van der Waals surface area contributed by atoms with Crippen molar-refractivity contribution in [1.82, 2.24) is 14.8 Å². The summed E-state index contributed by atoms with van der Waals surface area (Å²) in [5, 5.41) is 11.1. The van der Waals surface area contributed by atoms with Gasteiger partial charge in [0.15, 0.2) is 0 Å². The molecule has 0 bridgehead atoms. The van der Waals surface area contributed by atoms with Crippen LogP contribution >= 0.6 is 0 Å². The number of benzene rings is 1. The van der Waals surface area contributed by atoms with Crippen LogP contribution in [0.4, 0.5) is 0 Å². The number of nitrogens with one attached hydrogen (secondary N) is 1. The van der Waals surface area contributed by atoms with Crippen molar-refractivity contribution in [3.8, 4) is 0 Å². The normalized spacial score (nSPS) is 23.2. The number of aromatic nitrogens is 1. The zero-order valence-electron chi connectivity index (χ0n) is 16.2. The highest BCUT2D eigenvalue weighted by Crippen LogP contribution is 2.33. The molecule has 4 rings (SSSR count). The van der Waals surface area contributed by atoms with Crippen molar-refractivity contribution < 1.29 is 14.7 Å². The molecule has 1 aromatic carbocycles. The van der Waals surface area contributed by atoms with Gasteiger partial charge in [0, 0.05) is 35.1 Å². The lowest BCUT2D eigenvalue weighted by molar-refractivity contribution is -0.140. The maximum absolute atomic E-state index is 13.2. The Labute approximate surface area is 159 Å². The van der Waals surface area contributed by atoms with Crippen LogP contribution in [0.2, 0.25) is 0 Å². The van der Waals surface area contributed by atoms with Crippen LogP contribution in [0.3, 0.4) is 0 Å². The fraction of sp³-hybridized carbons (Fsp3) is 0.524. The Morgan fingerprint density at radius 3 is 2.67 bits per heavy atom. The SMILES string of the molecule is CC(C)(C)N1CC(C(=O)N2Cc3[nH]c4ccccc4c3CC2CO)CC1=O. The van der Waals surface area contributed by atoms with Crippen LogP contribution in [0.25, 0.3) is 10.9 Å². The Morgan fingerprint density at radius 1 is 1.26 bits per heavy atom. The van der Waals surface area contributed by atoms with E-state index in [9.17, 15) is 14.7 Å². The fourth-order valence-corrected chi connectivity index (χ4v) is 4.45. The number of fused-ring (bicyclic) bond motifs is 3. The second-order valence-electron chi connectivity index (χ2n) is 8.71. The van der Waals surface area contributed by atoms with Gasteiger partial charge in [-0.25, -0.2) is 0 Å². The lowest BCUT2D eigenvalue weighted by Crippen LogP contribution is -2.49. The molecule has 2 amide bonds. The van der Waals surface area contributed by atoms with Crippen molar-refractivity contribution >= 4 is 22.7 Å². The van der Waals surface area contributed by atoms with Crippen molar-refractivity contribution in [2.24, 2.45) is 5.92 Å². The standard InChI is InChI=1S/C21H27N3O3/c1-21(2,3)24-10-13(8-19(24)26)20(27)23-11-18-16(9-14(23)12-25)15-6-4-5-7-17(15)22-18/h4-7,13-14,22,25H,8-12H2,1-3H3. The number of aliphatic hydroxyl groups is 1. The van der Waals surface area contributed by atoms with Gasteiger partial charge in [0.25, 0.3) is 0 Å². The quantitative estimate of drug-likeness (QED) is 0.851. The van der Waals surface area contributed by atoms with Gasteiger partial charge < -0.3 is 19.9 Å². The smallest absolute Gasteiger partial charge is 0.228 e. The van der Waals surface area contributed by atoms with E-state index in [1.54, 1.807) is 9.80 Å². The summed E-state index contributed by atoms with van der Waals surface area (Å²) in [6.07, 6.45) is 0.884. The molecule has 0 saturated carbocycles. The Hall–Kier alpha value is -2.34. The average Bonchev–Trinajstić information content (AvgIpc) is 3.19. The first-order valence-corrected chi connectivity index (χ1v) is 9.60. The zero-order chi connectivity index (χ0) is 19.3. The van der Waals surface area contributed by atoms with Crippen LogP contribution in [-0.4, -0.2) is 56.4 Å². The highest BCUT2D eigenvalue weighted by molar-refractivity contribution is 5.90. The summed E-state index contributed by atoms with van der Waals surface area (Å²) >= 11 is 0. The summed E-state index contributed by atoms with van der Waals surface area (Å²) in [5.41, 5.74) is 3.00. The van der Waals surface area contributed by atoms with Gasteiger partial charge in [0.05, 0.1) is 25.1 Å². The molecular weight excluding hydrogens is 342 g/mol. The minimum Gasteiger partial charge on any atom is -0.394 e. The Morgan fingerprint density at radius 2 is 2.00 bits per heavy atom. The third kappa shape index (κ3) is 3.02. The summed E-state index contributed by atoms with van der Waals surface area (Å²) in [7, 11) is 0. The Kier molecular flexibility index (Phi) is 4.26. The maximum atomic E-state index is 13.2. The highest BCUT2D eigenvalue weighted by atomic mass is 16.3. The van der Waals surface area contributed by atoms with Gasteiger partial charge in [-0.2, -0.15) is 0 Å². The van der Waals surface area contributed by atoms with E-state index in [1.807, 2.05) is 39.0 Å². The maximum Gasteiger partial charge on any atom is 0.228 e. The monoisotopic (exact) mass is 369 g/mol. The number of likely N-dealkylation sites (tertiary alicyclic amines) is 1. The van der Waals surface area contributed by atoms with Crippen LogP contribution in [0.5, 0.6) is 0 Å². The molecule has 1 fully saturated rings. The lowest BCUT2D eigenvalue weighted by atomic mass is 9.95. The van der Waals surface area contributed by atoms with Crippen LogP contribution in [0.1, 0.15) is 38.4 Å². The average molecular weight is 369 g/mol.